The number of rotatable bonds is 9. The summed E-state index contributed by atoms with van der Waals surface area (Å²) in [6.45, 7) is 5.46. The highest BCUT2D eigenvalue weighted by Gasteiger charge is 2.14. The molecule has 3 aromatic rings. The summed E-state index contributed by atoms with van der Waals surface area (Å²) >= 11 is 0. The van der Waals surface area contributed by atoms with Crippen molar-refractivity contribution in [1.82, 2.24) is 4.72 Å². The van der Waals surface area contributed by atoms with Crippen LogP contribution in [0.4, 0.5) is 11.4 Å². The Morgan fingerprint density at radius 3 is 2.44 bits per heavy atom. The zero-order valence-corrected chi connectivity index (χ0v) is 18.2. The van der Waals surface area contributed by atoms with Crippen molar-refractivity contribution >= 4 is 33.2 Å². The fourth-order valence-corrected chi connectivity index (χ4v) is 3.94. The molecule has 0 aliphatic heterocycles. The Morgan fingerprint density at radius 2 is 1.78 bits per heavy atom. The number of nitrogens with one attached hydrogen (secondary N) is 3. The van der Waals surface area contributed by atoms with E-state index >= 15 is 0 Å². The fraction of sp³-hybridized carbons (Fsp3) is 0.130. The van der Waals surface area contributed by atoms with Crippen molar-refractivity contribution < 1.29 is 22.4 Å². The Labute approximate surface area is 186 Å². The van der Waals surface area contributed by atoms with E-state index in [4.69, 9.17) is 4.42 Å². The van der Waals surface area contributed by atoms with Crippen LogP contribution in [0.25, 0.3) is 0 Å². The second kappa shape index (κ2) is 10.1. The maximum absolute atomic E-state index is 12.7. The molecule has 3 N–H and O–H groups in total. The van der Waals surface area contributed by atoms with Gasteiger partial charge in [0.15, 0.2) is 5.76 Å². The van der Waals surface area contributed by atoms with E-state index in [2.05, 4.69) is 21.9 Å². The number of carbonyl (C=O) groups is 2. The highest BCUT2D eigenvalue weighted by Crippen LogP contribution is 2.20. The third-order valence-corrected chi connectivity index (χ3v) is 5.83. The van der Waals surface area contributed by atoms with Gasteiger partial charge < -0.3 is 15.1 Å². The van der Waals surface area contributed by atoms with Crippen LogP contribution in [0.2, 0.25) is 0 Å². The summed E-state index contributed by atoms with van der Waals surface area (Å²) in [6, 6.07) is 14.7. The first-order valence-corrected chi connectivity index (χ1v) is 11.4. The molecule has 8 nitrogen and oxygen atoms in total. The van der Waals surface area contributed by atoms with Gasteiger partial charge in [-0.25, -0.2) is 13.1 Å². The van der Waals surface area contributed by atoms with Gasteiger partial charge in [0.1, 0.15) is 0 Å². The van der Waals surface area contributed by atoms with Crippen molar-refractivity contribution in [1.29, 1.82) is 0 Å². The first kappa shape index (κ1) is 23.0. The van der Waals surface area contributed by atoms with Gasteiger partial charge >= 0.3 is 0 Å². The molecule has 9 heteroatoms. The molecule has 166 valence electrons. The molecule has 1 aromatic heterocycles. The van der Waals surface area contributed by atoms with E-state index in [1.165, 1.54) is 12.3 Å². The Bertz CT molecular complexity index is 1220. The predicted molar refractivity (Wildman–Crippen MR) is 123 cm³/mol. The van der Waals surface area contributed by atoms with Gasteiger partial charge in [0.05, 0.1) is 12.0 Å². The zero-order valence-electron chi connectivity index (χ0n) is 17.4. The van der Waals surface area contributed by atoms with Gasteiger partial charge in [0.2, 0.25) is 10.0 Å². The molecule has 0 saturated heterocycles. The minimum absolute atomic E-state index is 0.164. The summed E-state index contributed by atoms with van der Waals surface area (Å²) < 4.78 is 31.4. The van der Waals surface area contributed by atoms with Gasteiger partial charge in [-0.05, 0) is 54.4 Å². The van der Waals surface area contributed by atoms with Crippen LogP contribution >= 0.6 is 0 Å². The molecule has 0 radical (unpaired) electrons. The normalized spacial score (nSPS) is 11.0. The predicted octanol–water partition coefficient (Wildman–Crippen LogP) is 3.70. The first-order chi connectivity index (χ1) is 15.3. The lowest BCUT2D eigenvalue weighted by Gasteiger charge is -2.11. The van der Waals surface area contributed by atoms with Crippen LogP contribution in [0.5, 0.6) is 0 Å². The van der Waals surface area contributed by atoms with Crippen LogP contribution in [0.15, 0.2) is 77.9 Å². The lowest BCUT2D eigenvalue weighted by molar-refractivity contribution is 0.0993. The van der Waals surface area contributed by atoms with E-state index in [-0.39, 0.29) is 24.0 Å². The minimum atomic E-state index is -3.46. The zero-order chi connectivity index (χ0) is 23.1. The molecule has 2 amide bonds. The Hall–Kier alpha value is -3.69. The largest absolute Gasteiger partial charge is 0.459 e. The lowest BCUT2D eigenvalue weighted by atomic mass is 10.1. The van der Waals surface area contributed by atoms with E-state index in [0.717, 1.165) is 5.56 Å². The van der Waals surface area contributed by atoms with Crippen molar-refractivity contribution in [3.8, 4) is 0 Å². The molecule has 3 rings (SSSR count). The molecule has 0 aliphatic rings. The van der Waals surface area contributed by atoms with Crippen LogP contribution < -0.4 is 15.4 Å². The third kappa shape index (κ3) is 6.16. The van der Waals surface area contributed by atoms with Crippen LogP contribution in [-0.4, -0.2) is 26.8 Å². The molecule has 2 aromatic carbocycles. The number of benzene rings is 2. The summed E-state index contributed by atoms with van der Waals surface area (Å²) in [5, 5.41) is 5.50. The molecule has 0 saturated carbocycles. The Morgan fingerprint density at radius 1 is 1.03 bits per heavy atom. The third-order valence-electron chi connectivity index (χ3n) is 4.51. The van der Waals surface area contributed by atoms with Crippen molar-refractivity contribution in [3.63, 3.8) is 0 Å². The summed E-state index contributed by atoms with van der Waals surface area (Å²) in [4.78, 5) is 24.9. The topological polar surface area (TPSA) is 118 Å². The van der Waals surface area contributed by atoms with E-state index in [1.54, 1.807) is 54.6 Å². The van der Waals surface area contributed by atoms with Crippen molar-refractivity contribution in [3.05, 3.63) is 96.0 Å². The van der Waals surface area contributed by atoms with Crippen LogP contribution in [-0.2, 0) is 15.8 Å². The number of amides is 2. The summed E-state index contributed by atoms with van der Waals surface area (Å²) in [5.74, 6) is -0.789. The SMILES string of the molecule is C=CCNS(=O)(=O)Cc1ccc(NC(=O)c2ccc(C)c(NC(=O)c3ccco3)c2)cc1. The summed E-state index contributed by atoms with van der Waals surface area (Å²) in [5.41, 5.74) is 2.73. The second-order valence-electron chi connectivity index (χ2n) is 7.01. The van der Waals surface area contributed by atoms with Crippen LogP contribution in [0.1, 0.15) is 32.0 Å². The van der Waals surface area contributed by atoms with Gasteiger partial charge in [0, 0.05) is 23.5 Å². The quantitative estimate of drug-likeness (QED) is 0.427. The smallest absolute Gasteiger partial charge is 0.291 e. The molecule has 0 aliphatic carbocycles. The van der Waals surface area contributed by atoms with Gasteiger partial charge in [-0.15, -0.1) is 6.58 Å². The molecule has 0 atom stereocenters. The summed E-state index contributed by atoms with van der Waals surface area (Å²) in [6.07, 6.45) is 2.87. The summed E-state index contributed by atoms with van der Waals surface area (Å²) in [7, 11) is -3.46. The number of anilines is 2. The number of aryl methyl sites for hydroxylation is 1. The number of hydrogen-bond donors (Lipinski definition) is 3. The van der Waals surface area contributed by atoms with Gasteiger partial charge in [-0.1, -0.05) is 24.3 Å². The molecule has 1 heterocycles. The van der Waals surface area contributed by atoms with Crippen molar-refractivity contribution in [2.24, 2.45) is 0 Å². The molecule has 0 fully saturated rings. The number of carbonyl (C=O) groups excluding carboxylic acids is 2. The monoisotopic (exact) mass is 453 g/mol. The van der Waals surface area contributed by atoms with E-state index in [9.17, 15) is 18.0 Å². The van der Waals surface area contributed by atoms with E-state index in [0.29, 0.717) is 22.5 Å². The van der Waals surface area contributed by atoms with Crippen molar-refractivity contribution in [2.45, 2.75) is 12.7 Å². The molecule has 0 bridgehead atoms. The molecular formula is C23H23N3O5S. The molecule has 0 spiro atoms. The molecule has 0 unspecified atom stereocenters. The Kier molecular flexibility index (Phi) is 7.24. The van der Waals surface area contributed by atoms with Crippen LogP contribution in [0, 0.1) is 6.92 Å². The standard InChI is InChI=1S/C23H23N3O5S/c1-3-12-24-32(29,30)15-17-7-10-19(11-8-17)25-22(27)18-9-6-16(2)20(14-18)26-23(28)21-5-4-13-31-21/h3-11,13-14,24H,1,12,15H2,2H3,(H,25,27)(H,26,28). The maximum Gasteiger partial charge on any atom is 0.291 e. The minimum Gasteiger partial charge on any atom is -0.459 e. The van der Waals surface area contributed by atoms with Crippen molar-refractivity contribution in [2.75, 3.05) is 17.2 Å². The van der Waals surface area contributed by atoms with Gasteiger partial charge in [-0.2, -0.15) is 0 Å². The second-order valence-corrected chi connectivity index (χ2v) is 8.82. The number of furan rings is 1. The van der Waals surface area contributed by atoms with Crippen LogP contribution in [0.3, 0.4) is 0 Å². The number of hydrogen-bond acceptors (Lipinski definition) is 5. The average Bonchev–Trinajstić information content (AvgIpc) is 3.30. The van der Waals surface area contributed by atoms with Gasteiger partial charge in [0.25, 0.3) is 11.8 Å². The highest BCUT2D eigenvalue weighted by atomic mass is 32.2. The van der Waals surface area contributed by atoms with Gasteiger partial charge in [-0.3, -0.25) is 9.59 Å². The Balaban J connectivity index is 1.66. The number of sulfonamides is 1. The molecular weight excluding hydrogens is 430 g/mol. The maximum atomic E-state index is 12.7. The van der Waals surface area contributed by atoms with E-state index < -0.39 is 15.9 Å². The van der Waals surface area contributed by atoms with E-state index in [1.807, 2.05) is 6.92 Å². The lowest BCUT2D eigenvalue weighted by Crippen LogP contribution is -2.25. The highest BCUT2D eigenvalue weighted by molar-refractivity contribution is 7.88. The average molecular weight is 454 g/mol. The fourth-order valence-electron chi connectivity index (χ4n) is 2.83. The first-order valence-electron chi connectivity index (χ1n) is 9.71. The molecule has 32 heavy (non-hydrogen) atoms.